The highest BCUT2D eigenvalue weighted by atomic mass is 16.2. The van der Waals surface area contributed by atoms with Crippen LogP contribution in [0.3, 0.4) is 0 Å². The van der Waals surface area contributed by atoms with Gasteiger partial charge in [-0.1, -0.05) is 60.7 Å². The van der Waals surface area contributed by atoms with Crippen LogP contribution in [0.5, 0.6) is 0 Å². The predicted octanol–water partition coefficient (Wildman–Crippen LogP) is 3.50. The van der Waals surface area contributed by atoms with E-state index in [9.17, 15) is 4.79 Å². The average molecular weight is 377 g/mol. The number of carbonyl (C=O) groups excluding carboxylic acids is 1. The van der Waals surface area contributed by atoms with E-state index >= 15 is 0 Å². The van der Waals surface area contributed by atoms with Gasteiger partial charge in [-0.2, -0.15) is 0 Å². The normalized spacial score (nSPS) is 12.4. The Labute approximate surface area is 166 Å². The standard InChI is InChI=1S/C22H27N5O/c1-16(2)26(17(3)4)22(28)21(19-13-9-6-10-14-19)27-20(23-24-25-27)15-18-11-7-5-8-12-18/h5-14,16-17,21H,15H2,1-4H3. The van der Waals surface area contributed by atoms with Crippen LogP contribution in [0.15, 0.2) is 60.7 Å². The van der Waals surface area contributed by atoms with Crippen molar-refractivity contribution in [3.63, 3.8) is 0 Å². The van der Waals surface area contributed by atoms with Crippen molar-refractivity contribution in [3.8, 4) is 0 Å². The van der Waals surface area contributed by atoms with Gasteiger partial charge in [0.05, 0.1) is 0 Å². The fraction of sp³-hybridized carbons (Fsp3) is 0.364. The van der Waals surface area contributed by atoms with Gasteiger partial charge in [-0.05, 0) is 49.2 Å². The lowest BCUT2D eigenvalue weighted by atomic mass is 10.0. The van der Waals surface area contributed by atoms with E-state index in [1.54, 1.807) is 4.68 Å². The summed E-state index contributed by atoms with van der Waals surface area (Å²) in [4.78, 5) is 15.5. The second-order valence-corrected chi connectivity index (χ2v) is 7.45. The third kappa shape index (κ3) is 4.27. The van der Waals surface area contributed by atoms with Crippen LogP contribution in [0, 0.1) is 0 Å². The molecule has 0 bridgehead atoms. The summed E-state index contributed by atoms with van der Waals surface area (Å²) in [5.41, 5.74) is 1.97. The number of nitrogens with zero attached hydrogens (tertiary/aromatic N) is 5. The van der Waals surface area contributed by atoms with Crippen LogP contribution in [0.25, 0.3) is 0 Å². The third-order valence-electron chi connectivity index (χ3n) is 4.73. The van der Waals surface area contributed by atoms with Crippen molar-refractivity contribution in [2.45, 2.75) is 52.2 Å². The number of amides is 1. The lowest BCUT2D eigenvalue weighted by Gasteiger charge is -2.34. The van der Waals surface area contributed by atoms with Gasteiger partial charge in [0.15, 0.2) is 11.9 Å². The third-order valence-corrected chi connectivity index (χ3v) is 4.73. The number of carbonyl (C=O) groups is 1. The summed E-state index contributed by atoms with van der Waals surface area (Å²) in [5, 5.41) is 12.3. The molecule has 0 radical (unpaired) electrons. The molecule has 6 heteroatoms. The molecule has 3 aromatic rings. The van der Waals surface area contributed by atoms with Crippen LogP contribution >= 0.6 is 0 Å². The van der Waals surface area contributed by atoms with Crippen molar-refractivity contribution in [3.05, 3.63) is 77.6 Å². The second kappa shape index (κ2) is 8.78. The summed E-state index contributed by atoms with van der Waals surface area (Å²) in [5.74, 6) is 0.665. The Bertz CT molecular complexity index is 882. The van der Waals surface area contributed by atoms with Gasteiger partial charge >= 0.3 is 0 Å². The molecule has 1 atom stereocenters. The first-order valence-electron chi connectivity index (χ1n) is 9.66. The Hall–Kier alpha value is -3.02. The van der Waals surface area contributed by atoms with E-state index < -0.39 is 6.04 Å². The largest absolute Gasteiger partial charge is 0.336 e. The Morgan fingerprint density at radius 2 is 1.50 bits per heavy atom. The fourth-order valence-corrected chi connectivity index (χ4v) is 3.58. The van der Waals surface area contributed by atoms with Gasteiger partial charge in [0.2, 0.25) is 0 Å². The van der Waals surface area contributed by atoms with Gasteiger partial charge < -0.3 is 4.90 Å². The number of hydrogen-bond acceptors (Lipinski definition) is 4. The zero-order valence-corrected chi connectivity index (χ0v) is 16.9. The van der Waals surface area contributed by atoms with E-state index in [1.807, 2.05) is 93.3 Å². The molecule has 28 heavy (non-hydrogen) atoms. The first kappa shape index (κ1) is 19.7. The molecule has 0 saturated heterocycles. The Balaban J connectivity index is 2.04. The Morgan fingerprint density at radius 1 is 0.929 bits per heavy atom. The number of rotatable bonds is 7. The summed E-state index contributed by atoms with van der Waals surface area (Å²) in [7, 11) is 0. The minimum absolute atomic E-state index is 0.00203. The molecule has 1 unspecified atom stereocenters. The minimum atomic E-state index is -0.597. The fourth-order valence-electron chi connectivity index (χ4n) is 3.58. The van der Waals surface area contributed by atoms with Crippen LogP contribution in [0.2, 0.25) is 0 Å². The molecule has 0 saturated carbocycles. The van der Waals surface area contributed by atoms with Gasteiger partial charge in [-0.3, -0.25) is 4.79 Å². The van der Waals surface area contributed by atoms with Crippen molar-refractivity contribution in [1.29, 1.82) is 0 Å². The van der Waals surface area contributed by atoms with Gasteiger partial charge in [0.1, 0.15) is 0 Å². The maximum Gasteiger partial charge on any atom is 0.252 e. The zero-order valence-electron chi connectivity index (χ0n) is 16.9. The van der Waals surface area contributed by atoms with Crippen LogP contribution in [-0.2, 0) is 11.2 Å². The molecule has 0 N–H and O–H groups in total. The Morgan fingerprint density at radius 3 is 2.07 bits per heavy atom. The van der Waals surface area contributed by atoms with Crippen molar-refractivity contribution in [1.82, 2.24) is 25.1 Å². The summed E-state index contributed by atoms with van der Waals surface area (Å²) >= 11 is 0. The number of tetrazole rings is 1. The molecule has 3 rings (SSSR count). The molecule has 0 fully saturated rings. The van der Waals surface area contributed by atoms with Gasteiger partial charge in [0, 0.05) is 18.5 Å². The molecule has 0 aliphatic heterocycles. The van der Waals surface area contributed by atoms with Crippen molar-refractivity contribution < 1.29 is 4.79 Å². The van der Waals surface area contributed by atoms with E-state index in [2.05, 4.69) is 15.5 Å². The summed E-state index contributed by atoms with van der Waals surface area (Å²) in [6.07, 6.45) is 0.563. The number of hydrogen-bond donors (Lipinski definition) is 0. The Kier molecular flexibility index (Phi) is 6.19. The first-order valence-corrected chi connectivity index (χ1v) is 9.66. The van der Waals surface area contributed by atoms with Gasteiger partial charge in [-0.15, -0.1) is 5.10 Å². The summed E-state index contributed by atoms with van der Waals surface area (Å²) in [6, 6.07) is 19.3. The zero-order chi connectivity index (χ0) is 20.1. The molecule has 6 nitrogen and oxygen atoms in total. The SMILES string of the molecule is CC(C)N(C(=O)C(c1ccccc1)n1nnnc1Cc1ccccc1)C(C)C. The quantitative estimate of drug-likeness (QED) is 0.632. The molecule has 1 aromatic heterocycles. The molecule has 0 spiro atoms. The van der Waals surface area contributed by atoms with Crippen LogP contribution < -0.4 is 0 Å². The maximum atomic E-state index is 13.6. The summed E-state index contributed by atoms with van der Waals surface area (Å²) < 4.78 is 1.67. The van der Waals surface area contributed by atoms with Gasteiger partial charge in [0.25, 0.3) is 5.91 Å². The predicted molar refractivity (Wildman–Crippen MR) is 109 cm³/mol. The highest BCUT2D eigenvalue weighted by Crippen LogP contribution is 2.24. The lowest BCUT2D eigenvalue weighted by Crippen LogP contribution is -2.46. The van der Waals surface area contributed by atoms with E-state index in [1.165, 1.54) is 0 Å². The van der Waals surface area contributed by atoms with Gasteiger partial charge in [-0.25, -0.2) is 4.68 Å². The molecule has 2 aromatic carbocycles. The smallest absolute Gasteiger partial charge is 0.252 e. The van der Waals surface area contributed by atoms with E-state index in [4.69, 9.17) is 0 Å². The topological polar surface area (TPSA) is 63.9 Å². The molecule has 0 aliphatic carbocycles. The van der Waals surface area contributed by atoms with Crippen molar-refractivity contribution in [2.24, 2.45) is 0 Å². The maximum absolute atomic E-state index is 13.6. The van der Waals surface area contributed by atoms with E-state index in [0.29, 0.717) is 12.2 Å². The molecular weight excluding hydrogens is 350 g/mol. The molecular formula is C22H27N5O. The van der Waals surface area contributed by atoms with Crippen LogP contribution in [0.1, 0.15) is 50.7 Å². The number of aromatic nitrogens is 4. The lowest BCUT2D eigenvalue weighted by molar-refractivity contribution is -0.137. The number of benzene rings is 2. The first-order chi connectivity index (χ1) is 13.5. The second-order valence-electron chi connectivity index (χ2n) is 7.45. The van der Waals surface area contributed by atoms with E-state index in [-0.39, 0.29) is 18.0 Å². The molecule has 0 aliphatic rings. The van der Waals surface area contributed by atoms with Crippen molar-refractivity contribution >= 4 is 5.91 Å². The summed E-state index contributed by atoms with van der Waals surface area (Å²) in [6.45, 7) is 8.13. The van der Waals surface area contributed by atoms with Crippen molar-refractivity contribution in [2.75, 3.05) is 0 Å². The molecule has 1 amide bonds. The molecule has 146 valence electrons. The molecule has 1 heterocycles. The average Bonchev–Trinajstić information content (AvgIpc) is 3.11. The van der Waals surface area contributed by atoms with Crippen LogP contribution in [0.4, 0.5) is 0 Å². The monoisotopic (exact) mass is 377 g/mol. The highest BCUT2D eigenvalue weighted by Gasteiger charge is 2.33. The van der Waals surface area contributed by atoms with E-state index in [0.717, 1.165) is 11.1 Å². The highest BCUT2D eigenvalue weighted by molar-refractivity contribution is 5.84. The van der Waals surface area contributed by atoms with Crippen LogP contribution in [-0.4, -0.2) is 43.1 Å². The minimum Gasteiger partial charge on any atom is -0.336 e.